The van der Waals surface area contributed by atoms with Crippen LogP contribution in [0.3, 0.4) is 0 Å². The minimum Gasteiger partial charge on any atom is -0.458 e. The second-order valence-electron chi connectivity index (χ2n) is 12.5. The van der Waals surface area contributed by atoms with Gasteiger partial charge in [0.05, 0.1) is 22.1 Å². The molecule has 2 aliphatic heterocycles. The van der Waals surface area contributed by atoms with Crippen molar-refractivity contribution in [1.29, 1.82) is 0 Å². The number of nitrogens with zero attached hydrogens (tertiary/aromatic N) is 2. The van der Waals surface area contributed by atoms with Gasteiger partial charge in [-0.15, -0.1) is 0 Å². The Morgan fingerprint density at radius 3 is 2.04 bits per heavy atom. The van der Waals surface area contributed by atoms with Crippen LogP contribution in [-0.4, -0.2) is 15.8 Å². The molecular weight excluding hydrogens is 559 g/mol. The van der Waals surface area contributed by atoms with Crippen LogP contribution in [0.1, 0.15) is 0 Å². The number of ether oxygens (including phenoxy) is 1. The van der Waals surface area contributed by atoms with Crippen LogP contribution in [0.4, 0.5) is 0 Å². The van der Waals surface area contributed by atoms with Crippen molar-refractivity contribution < 1.29 is 4.74 Å². The van der Waals surface area contributed by atoms with Crippen LogP contribution in [0.25, 0.3) is 66.1 Å². The Hall–Kier alpha value is -6.00. The van der Waals surface area contributed by atoms with Crippen LogP contribution in [0.5, 0.6) is 11.5 Å². The highest BCUT2D eigenvalue weighted by molar-refractivity contribution is 6.99. The average Bonchev–Trinajstić information content (AvgIpc) is 3.63. The van der Waals surface area contributed by atoms with E-state index >= 15 is 0 Å². The van der Waals surface area contributed by atoms with Gasteiger partial charge in [0.2, 0.25) is 0 Å². The number of aromatic nitrogens is 2. The summed E-state index contributed by atoms with van der Waals surface area (Å²) in [4.78, 5) is 0. The van der Waals surface area contributed by atoms with Crippen molar-refractivity contribution in [1.82, 2.24) is 9.13 Å². The van der Waals surface area contributed by atoms with Crippen molar-refractivity contribution in [3.05, 3.63) is 152 Å². The van der Waals surface area contributed by atoms with Gasteiger partial charge in [-0.2, -0.15) is 0 Å². The molecule has 0 radical (unpaired) electrons. The summed E-state index contributed by atoms with van der Waals surface area (Å²) >= 11 is 0. The molecule has 0 N–H and O–H groups in total. The fraction of sp³-hybridized carbons (Fsp3) is 0. The normalized spacial score (nSPS) is 12.9. The molecule has 0 saturated heterocycles. The highest BCUT2D eigenvalue weighted by Gasteiger charge is 2.40. The molecule has 9 aromatic rings. The van der Waals surface area contributed by atoms with E-state index in [4.69, 9.17) is 4.74 Å². The van der Waals surface area contributed by atoms with E-state index in [1.54, 1.807) is 0 Å². The zero-order valence-electron chi connectivity index (χ0n) is 24.8. The first-order valence-corrected chi connectivity index (χ1v) is 15.9. The molecular formula is C42H25BN2O. The van der Waals surface area contributed by atoms with Crippen molar-refractivity contribution in [3.63, 3.8) is 0 Å². The molecule has 11 rings (SSSR count). The molecule has 212 valence electrons. The molecule has 0 bridgehead atoms. The van der Waals surface area contributed by atoms with Gasteiger partial charge in [0.15, 0.2) is 0 Å². The van der Waals surface area contributed by atoms with E-state index < -0.39 is 0 Å². The lowest BCUT2D eigenvalue weighted by Gasteiger charge is -2.33. The monoisotopic (exact) mass is 584 g/mol. The second-order valence-corrected chi connectivity index (χ2v) is 12.5. The number of hydrogen-bond acceptors (Lipinski definition) is 1. The molecule has 2 aliphatic rings. The SMILES string of the molecule is c1ccc(-c2ccc3c(c2)B2c4ccccc4-n4c5cc6c(cc5c5ccc(c2c54)O3)c2ccccc2n6-c2ccccc2)cc1. The molecule has 0 saturated carbocycles. The highest BCUT2D eigenvalue weighted by Crippen LogP contribution is 2.42. The Kier molecular flexibility index (Phi) is 4.66. The zero-order valence-corrected chi connectivity index (χ0v) is 24.8. The summed E-state index contributed by atoms with van der Waals surface area (Å²) in [5, 5.41) is 5.06. The maximum Gasteiger partial charge on any atom is 0.256 e. The molecule has 4 heterocycles. The molecule has 2 aromatic heterocycles. The third-order valence-corrected chi connectivity index (χ3v) is 10.2. The summed E-state index contributed by atoms with van der Waals surface area (Å²) in [5.74, 6) is 1.88. The molecule has 0 unspecified atom stereocenters. The summed E-state index contributed by atoms with van der Waals surface area (Å²) in [6.45, 7) is 0.0764. The van der Waals surface area contributed by atoms with Crippen LogP contribution in [-0.2, 0) is 0 Å². The van der Waals surface area contributed by atoms with Crippen molar-refractivity contribution in [2.24, 2.45) is 0 Å². The van der Waals surface area contributed by atoms with Crippen LogP contribution in [0, 0.1) is 0 Å². The first-order valence-electron chi connectivity index (χ1n) is 15.9. The van der Waals surface area contributed by atoms with Crippen molar-refractivity contribution in [2.75, 3.05) is 0 Å². The van der Waals surface area contributed by atoms with E-state index in [9.17, 15) is 0 Å². The zero-order chi connectivity index (χ0) is 29.9. The minimum absolute atomic E-state index is 0.0764. The van der Waals surface area contributed by atoms with Gasteiger partial charge in [0.25, 0.3) is 6.71 Å². The average molecular weight is 584 g/mol. The molecule has 0 fully saturated rings. The van der Waals surface area contributed by atoms with Crippen molar-refractivity contribution in [2.45, 2.75) is 0 Å². The first-order chi connectivity index (χ1) is 22.8. The Bertz CT molecular complexity index is 2720. The van der Waals surface area contributed by atoms with E-state index in [1.807, 2.05) is 0 Å². The lowest BCUT2D eigenvalue weighted by atomic mass is 9.34. The van der Waals surface area contributed by atoms with E-state index in [2.05, 4.69) is 161 Å². The van der Waals surface area contributed by atoms with Gasteiger partial charge in [-0.05, 0) is 82.1 Å². The Labute approximate surface area is 265 Å². The summed E-state index contributed by atoms with van der Waals surface area (Å²) in [5.41, 5.74) is 13.5. The molecule has 0 aliphatic carbocycles. The van der Waals surface area contributed by atoms with Gasteiger partial charge >= 0.3 is 0 Å². The number of fused-ring (bicyclic) bond motifs is 11. The van der Waals surface area contributed by atoms with Crippen LogP contribution in [0.15, 0.2) is 152 Å². The summed E-state index contributed by atoms with van der Waals surface area (Å²) < 4.78 is 11.6. The fourth-order valence-electron chi connectivity index (χ4n) is 8.26. The number of para-hydroxylation sites is 3. The van der Waals surface area contributed by atoms with Crippen molar-refractivity contribution >= 4 is 66.7 Å². The number of hydrogen-bond donors (Lipinski definition) is 0. The topological polar surface area (TPSA) is 19.1 Å². The number of rotatable bonds is 2. The number of benzene rings is 7. The maximum absolute atomic E-state index is 6.73. The Morgan fingerprint density at radius 1 is 0.435 bits per heavy atom. The molecule has 46 heavy (non-hydrogen) atoms. The lowest BCUT2D eigenvalue weighted by Crippen LogP contribution is -2.58. The predicted octanol–water partition coefficient (Wildman–Crippen LogP) is 8.48. The first kappa shape index (κ1) is 24.3. The molecule has 0 spiro atoms. The maximum atomic E-state index is 6.73. The van der Waals surface area contributed by atoms with E-state index in [0.29, 0.717) is 0 Å². The largest absolute Gasteiger partial charge is 0.458 e. The van der Waals surface area contributed by atoms with Gasteiger partial charge in [0.1, 0.15) is 11.5 Å². The Balaban J connectivity index is 1.26. The summed E-state index contributed by atoms with van der Waals surface area (Å²) in [7, 11) is 0. The quantitative estimate of drug-likeness (QED) is 0.187. The third kappa shape index (κ3) is 3.08. The predicted molar refractivity (Wildman–Crippen MR) is 192 cm³/mol. The molecule has 4 heteroatoms. The lowest BCUT2D eigenvalue weighted by molar-refractivity contribution is 0.488. The molecule has 3 nitrogen and oxygen atoms in total. The van der Waals surface area contributed by atoms with E-state index in [0.717, 1.165) is 11.5 Å². The molecule has 7 aromatic carbocycles. The third-order valence-electron chi connectivity index (χ3n) is 10.2. The van der Waals surface area contributed by atoms with Crippen LogP contribution < -0.4 is 21.1 Å². The van der Waals surface area contributed by atoms with Gasteiger partial charge in [0, 0.05) is 32.9 Å². The van der Waals surface area contributed by atoms with Crippen molar-refractivity contribution in [3.8, 4) is 34.0 Å². The molecule has 0 atom stereocenters. The van der Waals surface area contributed by atoms with Crippen LogP contribution >= 0.6 is 0 Å². The standard InChI is InChI=1S/C42H25BN2O/c1-3-11-26(12-4-1)27-19-21-39-34(23-27)43-33-16-8-10-18-36(33)45-38-25-37-31(24-32(38)30-20-22-40(46-39)41(43)42(30)45)29-15-7-9-17-35(29)44(37)28-13-5-2-6-14-28/h1-25H. The summed E-state index contributed by atoms with van der Waals surface area (Å²) in [6.07, 6.45) is 0. The molecule has 0 amide bonds. The second kappa shape index (κ2) is 8.80. The van der Waals surface area contributed by atoms with Gasteiger partial charge in [-0.3, -0.25) is 0 Å². The highest BCUT2D eigenvalue weighted by atomic mass is 16.5. The van der Waals surface area contributed by atoms with E-state index in [1.165, 1.54) is 82.5 Å². The minimum atomic E-state index is 0.0764. The summed E-state index contributed by atoms with van der Waals surface area (Å²) in [6, 6.07) is 55.0. The van der Waals surface area contributed by atoms with Crippen LogP contribution in [0.2, 0.25) is 0 Å². The van der Waals surface area contributed by atoms with Gasteiger partial charge in [-0.1, -0.05) is 97.1 Å². The van der Waals surface area contributed by atoms with Gasteiger partial charge < -0.3 is 13.9 Å². The smallest absolute Gasteiger partial charge is 0.256 e. The fourth-order valence-corrected chi connectivity index (χ4v) is 8.26. The Morgan fingerprint density at radius 2 is 1.15 bits per heavy atom. The van der Waals surface area contributed by atoms with Gasteiger partial charge in [-0.25, -0.2) is 0 Å². The van der Waals surface area contributed by atoms with E-state index in [-0.39, 0.29) is 6.71 Å².